The van der Waals surface area contributed by atoms with Crippen molar-refractivity contribution in [1.82, 2.24) is 10.2 Å². The maximum absolute atomic E-state index is 12.0. The van der Waals surface area contributed by atoms with E-state index in [4.69, 9.17) is 4.74 Å². The van der Waals surface area contributed by atoms with Gasteiger partial charge >= 0.3 is 0 Å². The van der Waals surface area contributed by atoms with Gasteiger partial charge in [-0.25, -0.2) is 8.42 Å². The predicted octanol–water partition coefficient (Wildman–Crippen LogP) is 0.0320. The third-order valence-electron chi connectivity index (χ3n) is 3.07. The first-order valence-corrected chi connectivity index (χ1v) is 9.22. The van der Waals surface area contributed by atoms with Gasteiger partial charge in [-0.05, 0) is 0 Å². The van der Waals surface area contributed by atoms with E-state index in [-0.39, 0.29) is 11.1 Å². The number of hydrogen-bond donors (Lipinski definition) is 1. The minimum absolute atomic E-state index is 0.228. The van der Waals surface area contributed by atoms with Crippen molar-refractivity contribution in [3.05, 3.63) is 0 Å². The minimum atomic E-state index is -2.97. The SMILES string of the molecule is CCS(=O)(=O)C1CSCCN1CCNCCOC. The van der Waals surface area contributed by atoms with Crippen LogP contribution in [-0.2, 0) is 14.6 Å². The first-order chi connectivity index (χ1) is 8.61. The van der Waals surface area contributed by atoms with Crippen LogP contribution in [-0.4, -0.2) is 75.8 Å². The molecule has 1 N–H and O–H groups in total. The van der Waals surface area contributed by atoms with E-state index in [1.54, 1.807) is 25.8 Å². The molecule has 1 unspecified atom stereocenters. The molecule has 0 aromatic heterocycles. The summed E-state index contributed by atoms with van der Waals surface area (Å²) in [5.74, 6) is 1.95. The van der Waals surface area contributed by atoms with Gasteiger partial charge in [-0.3, -0.25) is 4.90 Å². The zero-order valence-electron chi connectivity index (χ0n) is 11.2. The van der Waals surface area contributed by atoms with E-state index in [0.717, 1.165) is 31.9 Å². The summed E-state index contributed by atoms with van der Waals surface area (Å²) < 4.78 is 29.0. The van der Waals surface area contributed by atoms with Crippen molar-refractivity contribution < 1.29 is 13.2 Å². The summed E-state index contributed by atoms with van der Waals surface area (Å²) in [5, 5.41) is 2.95. The molecule has 0 aromatic carbocycles. The maximum atomic E-state index is 12.0. The Morgan fingerprint density at radius 1 is 1.44 bits per heavy atom. The molecular weight excluding hydrogens is 272 g/mol. The van der Waals surface area contributed by atoms with Crippen molar-refractivity contribution in [2.75, 3.05) is 57.2 Å². The first kappa shape index (κ1) is 16.2. The summed E-state index contributed by atoms with van der Waals surface area (Å²) in [6.45, 7) is 5.68. The number of rotatable bonds is 8. The van der Waals surface area contributed by atoms with Crippen LogP contribution < -0.4 is 5.32 Å². The van der Waals surface area contributed by atoms with Crippen LogP contribution in [0.1, 0.15) is 6.92 Å². The topological polar surface area (TPSA) is 58.6 Å². The first-order valence-electron chi connectivity index (χ1n) is 6.35. The highest BCUT2D eigenvalue weighted by atomic mass is 32.2. The van der Waals surface area contributed by atoms with E-state index in [1.807, 2.05) is 0 Å². The van der Waals surface area contributed by atoms with Gasteiger partial charge in [0.1, 0.15) is 5.37 Å². The molecule has 18 heavy (non-hydrogen) atoms. The summed E-state index contributed by atoms with van der Waals surface area (Å²) >= 11 is 1.74. The van der Waals surface area contributed by atoms with E-state index in [2.05, 4.69) is 10.2 Å². The summed E-state index contributed by atoms with van der Waals surface area (Å²) in [6.07, 6.45) is 0. The molecule has 0 aliphatic carbocycles. The Bertz CT molecular complexity index is 322. The van der Waals surface area contributed by atoms with Crippen LogP contribution in [0, 0.1) is 0 Å². The van der Waals surface area contributed by atoms with E-state index in [1.165, 1.54) is 0 Å². The predicted molar refractivity (Wildman–Crippen MR) is 76.9 cm³/mol. The molecule has 1 atom stereocenters. The van der Waals surface area contributed by atoms with Crippen molar-refractivity contribution in [1.29, 1.82) is 0 Å². The lowest BCUT2D eigenvalue weighted by Gasteiger charge is -2.34. The minimum Gasteiger partial charge on any atom is -0.383 e. The second kappa shape index (κ2) is 8.37. The molecule has 1 aliphatic rings. The largest absolute Gasteiger partial charge is 0.383 e. The van der Waals surface area contributed by atoms with Gasteiger partial charge in [-0.1, -0.05) is 6.92 Å². The van der Waals surface area contributed by atoms with Crippen molar-refractivity contribution >= 4 is 21.6 Å². The molecule has 0 saturated carbocycles. The number of nitrogens with zero attached hydrogens (tertiary/aromatic N) is 1. The van der Waals surface area contributed by atoms with Gasteiger partial charge in [0.2, 0.25) is 0 Å². The Balaban J connectivity index is 2.40. The molecule has 1 saturated heterocycles. The van der Waals surface area contributed by atoms with E-state index in [0.29, 0.717) is 12.4 Å². The van der Waals surface area contributed by atoms with E-state index >= 15 is 0 Å². The van der Waals surface area contributed by atoms with Gasteiger partial charge in [0.15, 0.2) is 9.84 Å². The zero-order valence-corrected chi connectivity index (χ0v) is 12.9. The smallest absolute Gasteiger partial charge is 0.166 e. The van der Waals surface area contributed by atoms with Gasteiger partial charge in [0.05, 0.1) is 6.61 Å². The Kier molecular flexibility index (Phi) is 7.55. The van der Waals surface area contributed by atoms with Gasteiger partial charge in [-0.2, -0.15) is 11.8 Å². The van der Waals surface area contributed by atoms with E-state index < -0.39 is 9.84 Å². The van der Waals surface area contributed by atoms with Crippen molar-refractivity contribution in [3.8, 4) is 0 Å². The summed E-state index contributed by atoms with van der Waals surface area (Å²) in [6, 6.07) is 0. The number of thioether (sulfide) groups is 1. The molecule has 108 valence electrons. The molecule has 1 rings (SSSR count). The van der Waals surface area contributed by atoms with Crippen LogP contribution in [0.4, 0.5) is 0 Å². The van der Waals surface area contributed by atoms with E-state index in [9.17, 15) is 8.42 Å². The highest BCUT2D eigenvalue weighted by Crippen LogP contribution is 2.20. The Morgan fingerprint density at radius 3 is 2.89 bits per heavy atom. The molecule has 0 bridgehead atoms. The average Bonchev–Trinajstić information content (AvgIpc) is 2.39. The Labute approximate surface area is 115 Å². The third kappa shape index (κ3) is 5.05. The standard InChI is InChI=1S/C11H24N2O3S2/c1-3-18(14,15)11-10-17-9-7-13(11)6-4-12-5-8-16-2/h11-12H,3-10H2,1-2H3. The fraction of sp³-hybridized carbons (Fsp3) is 1.00. The number of hydrogen-bond acceptors (Lipinski definition) is 6. The van der Waals surface area contributed by atoms with Gasteiger partial charge < -0.3 is 10.1 Å². The molecule has 5 nitrogen and oxygen atoms in total. The quantitative estimate of drug-likeness (QED) is 0.638. The second-order valence-electron chi connectivity index (χ2n) is 4.26. The number of nitrogens with one attached hydrogen (secondary N) is 1. The van der Waals surface area contributed by atoms with Crippen LogP contribution in [0.5, 0.6) is 0 Å². The average molecular weight is 296 g/mol. The summed E-state index contributed by atoms with van der Waals surface area (Å²) in [5.41, 5.74) is 0. The molecule has 0 aromatic rings. The van der Waals surface area contributed by atoms with Crippen LogP contribution in [0.3, 0.4) is 0 Å². The maximum Gasteiger partial charge on any atom is 0.166 e. The molecule has 7 heteroatoms. The number of ether oxygens (including phenoxy) is 1. The molecule has 0 radical (unpaired) electrons. The fourth-order valence-corrected chi connectivity index (χ4v) is 5.03. The van der Waals surface area contributed by atoms with Crippen molar-refractivity contribution in [3.63, 3.8) is 0 Å². The molecule has 1 heterocycles. The van der Waals surface area contributed by atoms with Crippen LogP contribution in [0.15, 0.2) is 0 Å². The summed E-state index contributed by atoms with van der Waals surface area (Å²) in [4.78, 5) is 2.09. The van der Waals surface area contributed by atoms with Gasteiger partial charge in [-0.15, -0.1) is 0 Å². The Hall–Kier alpha value is 0.180. The zero-order chi connectivity index (χ0) is 13.4. The lowest BCUT2D eigenvalue weighted by Crippen LogP contribution is -2.49. The highest BCUT2D eigenvalue weighted by molar-refractivity contribution is 8.01. The normalized spacial score (nSPS) is 22.2. The Morgan fingerprint density at radius 2 is 2.22 bits per heavy atom. The second-order valence-corrected chi connectivity index (χ2v) is 7.86. The molecular formula is C11H24N2O3S2. The van der Waals surface area contributed by atoms with Gasteiger partial charge in [0, 0.05) is 50.5 Å². The monoisotopic (exact) mass is 296 g/mol. The number of sulfone groups is 1. The van der Waals surface area contributed by atoms with Crippen LogP contribution in [0.2, 0.25) is 0 Å². The number of methoxy groups -OCH3 is 1. The molecule has 0 spiro atoms. The molecule has 1 fully saturated rings. The lowest BCUT2D eigenvalue weighted by atomic mass is 10.4. The summed E-state index contributed by atoms with van der Waals surface area (Å²) in [7, 11) is -1.29. The van der Waals surface area contributed by atoms with Crippen LogP contribution in [0.25, 0.3) is 0 Å². The third-order valence-corrected chi connectivity index (χ3v) is 6.40. The molecule has 0 amide bonds. The van der Waals surface area contributed by atoms with Crippen molar-refractivity contribution in [2.45, 2.75) is 12.3 Å². The van der Waals surface area contributed by atoms with Crippen LogP contribution >= 0.6 is 11.8 Å². The lowest BCUT2D eigenvalue weighted by molar-refractivity contribution is 0.196. The van der Waals surface area contributed by atoms with Gasteiger partial charge in [0.25, 0.3) is 0 Å². The van der Waals surface area contributed by atoms with Crippen molar-refractivity contribution in [2.24, 2.45) is 0 Å². The fourth-order valence-electron chi connectivity index (χ4n) is 1.92. The highest BCUT2D eigenvalue weighted by Gasteiger charge is 2.32. The molecule has 1 aliphatic heterocycles.